The van der Waals surface area contributed by atoms with E-state index < -0.39 is 10.4 Å². The number of thioether (sulfide) groups is 1. The molecule has 0 N–H and O–H groups in total. The summed E-state index contributed by atoms with van der Waals surface area (Å²) in [7, 11) is 0. The number of alkyl halides is 3. The highest BCUT2D eigenvalue weighted by atomic mass is 32.2. The molecule has 1 aromatic rings. The maximum Gasteiger partial charge on any atom is 0.447 e. The van der Waals surface area contributed by atoms with Crippen molar-refractivity contribution >= 4 is 17.6 Å². The fourth-order valence-electron chi connectivity index (χ4n) is 1.87. The average Bonchev–Trinajstić information content (AvgIpc) is 2.76. The summed E-state index contributed by atoms with van der Waals surface area (Å²) in [4.78, 5) is 19.6. The predicted octanol–water partition coefficient (Wildman–Crippen LogP) is 2.18. The lowest BCUT2D eigenvalue weighted by molar-refractivity contribution is -0.464. The van der Waals surface area contributed by atoms with Crippen LogP contribution in [0, 0.1) is 10.1 Å². The van der Waals surface area contributed by atoms with Gasteiger partial charge in [0.1, 0.15) is 5.03 Å². The van der Waals surface area contributed by atoms with Gasteiger partial charge in [0.05, 0.1) is 6.54 Å². The van der Waals surface area contributed by atoms with Gasteiger partial charge in [0.2, 0.25) is 0 Å². The van der Waals surface area contributed by atoms with Crippen LogP contribution in [0.2, 0.25) is 0 Å². The van der Waals surface area contributed by atoms with E-state index in [-0.39, 0.29) is 23.3 Å². The Morgan fingerprint density at radius 2 is 2.19 bits per heavy atom. The van der Waals surface area contributed by atoms with Crippen molar-refractivity contribution in [3.05, 3.63) is 34.0 Å². The third-order valence-electron chi connectivity index (χ3n) is 2.69. The third-order valence-corrected chi connectivity index (χ3v) is 3.37. The predicted molar refractivity (Wildman–Crippen MR) is 70.7 cm³/mol. The summed E-state index contributed by atoms with van der Waals surface area (Å²) in [5.41, 5.74) is -3.69. The van der Waals surface area contributed by atoms with E-state index in [1.54, 1.807) is 4.90 Å². The Bertz CT molecular complexity index is 547. The molecule has 0 spiro atoms. The Hall–Kier alpha value is -1.84. The van der Waals surface area contributed by atoms with E-state index in [4.69, 9.17) is 0 Å². The zero-order valence-electron chi connectivity index (χ0n) is 10.7. The number of nitro groups is 1. The smallest absolute Gasteiger partial charge is 0.349 e. The second-order valence-electron chi connectivity index (χ2n) is 4.26. The molecule has 2 rings (SSSR count). The maximum atomic E-state index is 12.2. The van der Waals surface area contributed by atoms with Crippen LogP contribution >= 0.6 is 11.8 Å². The summed E-state index contributed by atoms with van der Waals surface area (Å²) in [5, 5.41) is 10.4. The van der Waals surface area contributed by atoms with E-state index in [2.05, 4.69) is 9.98 Å². The molecule has 0 atom stereocenters. The first-order valence-corrected chi connectivity index (χ1v) is 6.76. The molecule has 1 aromatic heterocycles. The van der Waals surface area contributed by atoms with Gasteiger partial charge in [0, 0.05) is 36.0 Å². The van der Waals surface area contributed by atoms with Crippen molar-refractivity contribution in [2.24, 2.45) is 4.99 Å². The Morgan fingerprint density at radius 3 is 2.76 bits per heavy atom. The van der Waals surface area contributed by atoms with Gasteiger partial charge in [-0.1, -0.05) is 6.07 Å². The molecule has 0 fully saturated rings. The lowest BCUT2D eigenvalue weighted by atomic mass is 10.2. The molecule has 2 heterocycles. The van der Waals surface area contributed by atoms with Crippen molar-refractivity contribution in [1.29, 1.82) is 0 Å². The Labute approximate surface area is 122 Å². The van der Waals surface area contributed by atoms with Gasteiger partial charge in [-0.3, -0.25) is 15.1 Å². The molecule has 0 amide bonds. The van der Waals surface area contributed by atoms with Crippen LogP contribution in [0.1, 0.15) is 5.56 Å². The number of pyridine rings is 1. The first-order chi connectivity index (χ1) is 9.83. The molecule has 1 aliphatic heterocycles. The topological polar surface area (TPSA) is 71.6 Å². The first-order valence-electron chi connectivity index (χ1n) is 5.94. The molecule has 0 saturated carbocycles. The van der Waals surface area contributed by atoms with Crippen LogP contribution in [0.5, 0.6) is 0 Å². The minimum atomic E-state index is -4.37. The fraction of sp³-hybridized carbons (Fsp3) is 0.455. The van der Waals surface area contributed by atoms with Gasteiger partial charge in [-0.25, -0.2) is 4.98 Å². The van der Waals surface area contributed by atoms with E-state index in [9.17, 15) is 23.3 Å². The molecule has 0 bridgehead atoms. The molecular formula is C11H11F3N4O2S. The van der Waals surface area contributed by atoms with Crippen molar-refractivity contribution in [3.63, 3.8) is 0 Å². The first kappa shape index (κ1) is 15.5. The van der Waals surface area contributed by atoms with E-state index in [0.717, 1.165) is 0 Å². The van der Waals surface area contributed by atoms with E-state index in [1.807, 2.05) is 0 Å². The molecule has 21 heavy (non-hydrogen) atoms. The minimum absolute atomic E-state index is 0.133. The summed E-state index contributed by atoms with van der Waals surface area (Å²) >= 11 is -0.277. The molecule has 6 nitrogen and oxygen atoms in total. The third kappa shape index (κ3) is 4.88. The second kappa shape index (κ2) is 6.29. The van der Waals surface area contributed by atoms with E-state index in [1.165, 1.54) is 18.3 Å². The van der Waals surface area contributed by atoms with Crippen LogP contribution in [0.15, 0.2) is 28.3 Å². The van der Waals surface area contributed by atoms with Gasteiger partial charge in [-0.15, -0.1) is 0 Å². The van der Waals surface area contributed by atoms with Crippen molar-refractivity contribution in [2.45, 2.75) is 17.1 Å². The highest BCUT2D eigenvalue weighted by Crippen LogP contribution is 2.35. The molecule has 0 radical (unpaired) electrons. The number of halogens is 3. The molecule has 0 aliphatic carbocycles. The quantitative estimate of drug-likeness (QED) is 0.472. The molecule has 0 unspecified atom stereocenters. The molecule has 1 aliphatic rings. The highest BCUT2D eigenvalue weighted by molar-refractivity contribution is 8.00. The average molecular weight is 320 g/mol. The Kier molecular flexibility index (Phi) is 4.66. The summed E-state index contributed by atoms with van der Waals surface area (Å²) in [5.74, 6) is 0.383. The molecule has 10 heteroatoms. The number of aliphatic imine (C=N–C) groups is 1. The van der Waals surface area contributed by atoms with Gasteiger partial charge < -0.3 is 4.90 Å². The zero-order chi connectivity index (χ0) is 15.5. The van der Waals surface area contributed by atoms with Crippen molar-refractivity contribution in [1.82, 2.24) is 9.88 Å². The second-order valence-corrected chi connectivity index (χ2v) is 5.35. The van der Waals surface area contributed by atoms with Gasteiger partial charge in [0.25, 0.3) is 6.54 Å². The van der Waals surface area contributed by atoms with Gasteiger partial charge in [0.15, 0.2) is 5.84 Å². The largest absolute Gasteiger partial charge is 0.447 e. The van der Waals surface area contributed by atoms with Gasteiger partial charge in [-0.2, -0.15) is 13.2 Å². The fourth-order valence-corrected chi connectivity index (χ4v) is 2.35. The number of nitrogens with zero attached hydrogens (tertiary/aromatic N) is 4. The van der Waals surface area contributed by atoms with Crippen LogP contribution < -0.4 is 0 Å². The number of hydrogen-bond donors (Lipinski definition) is 0. The van der Waals surface area contributed by atoms with Crippen LogP contribution in [0.4, 0.5) is 13.2 Å². The van der Waals surface area contributed by atoms with E-state index >= 15 is 0 Å². The molecular weight excluding hydrogens is 309 g/mol. The van der Waals surface area contributed by atoms with Crippen LogP contribution in [-0.2, 0) is 6.54 Å². The van der Waals surface area contributed by atoms with Crippen molar-refractivity contribution in [3.8, 4) is 0 Å². The summed E-state index contributed by atoms with van der Waals surface area (Å²) in [6.45, 7) is 1.03. The number of hydrogen-bond acceptors (Lipinski definition) is 6. The van der Waals surface area contributed by atoms with Crippen LogP contribution in [-0.4, -0.2) is 45.8 Å². The highest BCUT2D eigenvalue weighted by Gasteiger charge is 2.30. The standard InChI is InChI=1S/C11H11F3N4O2S/c12-11(13,14)21-10-2-1-8(5-16-10)6-17-4-3-15-9(17)7-18(19)20/h1-2,5H,3-4,6-7H2. The van der Waals surface area contributed by atoms with Gasteiger partial charge >= 0.3 is 5.51 Å². The number of aromatic nitrogens is 1. The normalized spacial score (nSPS) is 15.2. The van der Waals surface area contributed by atoms with E-state index in [0.29, 0.717) is 31.0 Å². The summed E-state index contributed by atoms with van der Waals surface area (Å²) in [6.07, 6.45) is 1.34. The SMILES string of the molecule is O=[N+]([O-])CC1=NCCN1Cc1ccc(SC(F)(F)F)nc1. The molecule has 0 aromatic carbocycles. The number of rotatable bonds is 5. The van der Waals surface area contributed by atoms with Gasteiger partial charge in [-0.05, 0) is 11.6 Å². The Morgan fingerprint density at radius 1 is 1.43 bits per heavy atom. The molecule has 0 saturated heterocycles. The monoisotopic (exact) mass is 320 g/mol. The summed E-state index contributed by atoms with van der Waals surface area (Å²) in [6, 6.07) is 2.82. The lowest BCUT2D eigenvalue weighted by Gasteiger charge is -2.18. The van der Waals surface area contributed by atoms with Crippen molar-refractivity contribution in [2.75, 3.05) is 19.6 Å². The van der Waals surface area contributed by atoms with Crippen molar-refractivity contribution < 1.29 is 18.1 Å². The maximum absolute atomic E-state index is 12.2. The Balaban J connectivity index is 1.97. The van der Waals surface area contributed by atoms with Crippen LogP contribution in [0.25, 0.3) is 0 Å². The lowest BCUT2D eigenvalue weighted by Crippen LogP contribution is -2.32. The minimum Gasteiger partial charge on any atom is -0.349 e. The number of amidine groups is 1. The summed E-state index contributed by atoms with van der Waals surface area (Å²) < 4.78 is 36.5. The molecule has 114 valence electrons. The zero-order valence-corrected chi connectivity index (χ0v) is 11.5. The van der Waals surface area contributed by atoms with Crippen LogP contribution in [0.3, 0.4) is 0 Å².